The minimum atomic E-state index is -0.769. The summed E-state index contributed by atoms with van der Waals surface area (Å²) in [6.07, 6.45) is 3.31. The van der Waals surface area contributed by atoms with Crippen LogP contribution in [0.1, 0.15) is 37.2 Å². The lowest BCUT2D eigenvalue weighted by molar-refractivity contribution is -0.137. The second-order valence-corrected chi connectivity index (χ2v) is 8.20. The zero-order chi connectivity index (χ0) is 18.1. The van der Waals surface area contributed by atoms with Crippen molar-refractivity contribution < 1.29 is 9.90 Å². The predicted molar refractivity (Wildman–Crippen MR) is 106 cm³/mol. The molecule has 1 heterocycles. The van der Waals surface area contributed by atoms with Crippen LogP contribution in [0.25, 0.3) is 16.5 Å². The zero-order valence-electron chi connectivity index (χ0n) is 14.1. The fourth-order valence-electron chi connectivity index (χ4n) is 3.19. The maximum Gasteiger partial charge on any atom is 0.303 e. The Morgan fingerprint density at radius 2 is 1.96 bits per heavy atom. The second-order valence-electron chi connectivity index (χ2n) is 6.43. The van der Waals surface area contributed by atoms with Crippen LogP contribution in [-0.4, -0.2) is 31.6 Å². The number of carboxylic acid groups (broad SMARTS) is 1. The van der Waals surface area contributed by atoms with Crippen molar-refractivity contribution in [3.8, 4) is 5.69 Å². The van der Waals surface area contributed by atoms with E-state index in [0.717, 1.165) is 10.8 Å². The monoisotopic (exact) mass is 431 g/mol. The number of benzene rings is 2. The van der Waals surface area contributed by atoms with Crippen molar-refractivity contribution in [3.05, 3.63) is 46.7 Å². The average Bonchev–Trinajstić information content (AvgIpc) is 3.41. The van der Waals surface area contributed by atoms with Crippen LogP contribution in [0.2, 0.25) is 0 Å². The summed E-state index contributed by atoms with van der Waals surface area (Å²) in [6.45, 7) is 0. The third kappa shape index (κ3) is 3.50. The van der Waals surface area contributed by atoms with E-state index in [1.165, 1.54) is 40.9 Å². The lowest BCUT2D eigenvalue weighted by Crippen LogP contribution is -2.01. The summed E-state index contributed by atoms with van der Waals surface area (Å²) in [5.74, 6) is 0.605. The lowest BCUT2D eigenvalue weighted by atomic mass is 9.99. The molecule has 1 fully saturated rings. The van der Waals surface area contributed by atoms with Crippen molar-refractivity contribution in [2.75, 3.05) is 5.75 Å². The van der Waals surface area contributed by atoms with E-state index < -0.39 is 5.97 Å². The van der Waals surface area contributed by atoms with Gasteiger partial charge in [-0.15, -0.1) is 10.2 Å². The van der Waals surface area contributed by atoms with Gasteiger partial charge in [0.1, 0.15) is 0 Å². The standard InChI is InChI=1S/C19H18BrN3O2S/c20-18-21-22-19(26-11-3-6-17(24)25)23(18)16-10-9-13(12-7-8-12)14-4-1-2-5-15(14)16/h1-2,4-5,9-10,12H,3,6-8,11H2,(H,24,25). The fourth-order valence-corrected chi connectivity index (χ4v) is 4.63. The van der Waals surface area contributed by atoms with Gasteiger partial charge in [-0.05, 0) is 58.1 Å². The first-order chi connectivity index (χ1) is 12.6. The molecule has 1 saturated carbocycles. The first-order valence-electron chi connectivity index (χ1n) is 8.62. The highest BCUT2D eigenvalue weighted by Gasteiger charge is 2.26. The Balaban J connectivity index is 1.71. The Bertz CT molecular complexity index is 969. The molecule has 7 heteroatoms. The lowest BCUT2D eigenvalue weighted by Gasteiger charge is -2.13. The third-order valence-corrected chi connectivity index (χ3v) is 6.08. The number of hydrogen-bond acceptors (Lipinski definition) is 4. The number of hydrogen-bond donors (Lipinski definition) is 1. The summed E-state index contributed by atoms with van der Waals surface area (Å²) < 4.78 is 2.66. The van der Waals surface area contributed by atoms with Gasteiger partial charge < -0.3 is 5.11 Å². The summed E-state index contributed by atoms with van der Waals surface area (Å²) in [5, 5.41) is 20.5. The molecule has 0 radical (unpaired) electrons. The van der Waals surface area contributed by atoms with Crippen LogP contribution in [0.3, 0.4) is 0 Å². The van der Waals surface area contributed by atoms with Gasteiger partial charge in [-0.2, -0.15) is 0 Å². The molecular weight excluding hydrogens is 414 g/mol. The summed E-state index contributed by atoms with van der Waals surface area (Å²) in [6, 6.07) is 12.8. The van der Waals surface area contributed by atoms with Crippen molar-refractivity contribution in [1.82, 2.24) is 14.8 Å². The van der Waals surface area contributed by atoms with Crippen molar-refractivity contribution in [3.63, 3.8) is 0 Å². The maximum atomic E-state index is 10.7. The highest BCUT2D eigenvalue weighted by molar-refractivity contribution is 9.10. The molecule has 1 N–H and O–H groups in total. The van der Waals surface area contributed by atoms with E-state index >= 15 is 0 Å². The molecule has 26 heavy (non-hydrogen) atoms. The molecule has 1 aliphatic carbocycles. The molecular formula is C19H18BrN3O2S. The fraction of sp³-hybridized carbons (Fsp3) is 0.316. The van der Waals surface area contributed by atoms with Gasteiger partial charge in [-0.1, -0.05) is 42.1 Å². The minimum absolute atomic E-state index is 0.168. The highest BCUT2D eigenvalue weighted by Crippen LogP contribution is 2.44. The van der Waals surface area contributed by atoms with Gasteiger partial charge >= 0.3 is 5.97 Å². The molecule has 3 aromatic rings. The predicted octanol–water partition coefficient (Wildman–Crippen LogP) is 5.02. The van der Waals surface area contributed by atoms with Gasteiger partial charge in [0.25, 0.3) is 0 Å². The van der Waals surface area contributed by atoms with Gasteiger partial charge in [-0.3, -0.25) is 9.36 Å². The Kier molecular flexibility index (Phi) is 5.00. The molecule has 0 unspecified atom stereocenters. The Hall–Kier alpha value is -1.86. The van der Waals surface area contributed by atoms with E-state index in [-0.39, 0.29) is 6.42 Å². The van der Waals surface area contributed by atoms with Crippen molar-refractivity contribution in [1.29, 1.82) is 0 Å². The summed E-state index contributed by atoms with van der Waals surface area (Å²) in [5.41, 5.74) is 2.46. The number of rotatable bonds is 7. The molecule has 0 aliphatic heterocycles. The molecule has 0 saturated heterocycles. The Morgan fingerprint density at radius 1 is 1.19 bits per heavy atom. The van der Waals surface area contributed by atoms with Crippen LogP contribution in [0.15, 0.2) is 46.3 Å². The average molecular weight is 432 g/mol. The van der Waals surface area contributed by atoms with Gasteiger partial charge in [0.15, 0.2) is 5.16 Å². The number of nitrogens with zero attached hydrogens (tertiary/aromatic N) is 3. The highest BCUT2D eigenvalue weighted by atomic mass is 79.9. The molecule has 0 atom stereocenters. The number of fused-ring (bicyclic) bond motifs is 1. The van der Waals surface area contributed by atoms with Gasteiger partial charge in [0, 0.05) is 17.6 Å². The number of halogens is 1. The maximum absolute atomic E-state index is 10.7. The van der Waals surface area contributed by atoms with Crippen LogP contribution in [0.4, 0.5) is 0 Å². The van der Waals surface area contributed by atoms with E-state index in [4.69, 9.17) is 5.11 Å². The van der Waals surface area contributed by atoms with Crippen LogP contribution in [0.5, 0.6) is 0 Å². The molecule has 4 rings (SSSR count). The van der Waals surface area contributed by atoms with Crippen LogP contribution >= 0.6 is 27.7 Å². The molecule has 134 valence electrons. The largest absolute Gasteiger partial charge is 0.481 e. The number of aliphatic carboxylic acids is 1. The van der Waals surface area contributed by atoms with E-state index in [9.17, 15) is 4.79 Å². The van der Waals surface area contributed by atoms with Crippen molar-refractivity contribution in [2.24, 2.45) is 0 Å². The SMILES string of the molecule is O=C(O)CCCSc1nnc(Br)n1-c1ccc(C2CC2)c2ccccc12. The van der Waals surface area contributed by atoms with E-state index in [1.54, 1.807) is 0 Å². The summed E-state index contributed by atoms with van der Waals surface area (Å²) in [4.78, 5) is 10.7. The summed E-state index contributed by atoms with van der Waals surface area (Å²) >= 11 is 5.05. The molecule has 2 aromatic carbocycles. The number of aromatic nitrogens is 3. The zero-order valence-corrected chi connectivity index (χ0v) is 16.5. The number of carboxylic acids is 1. The van der Waals surface area contributed by atoms with Crippen molar-refractivity contribution >= 4 is 44.4 Å². The first kappa shape index (κ1) is 17.5. The van der Waals surface area contributed by atoms with Gasteiger partial charge in [-0.25, -0.2) is 0 Å². The first-order valence-corrected chi connectivity index (χ1v) is 10.4. The molecule has 0 spiro atoms. The number of thioether (sulfide) groups is 1. The Morgan fingerprint density at radius 3 is 2.69 bits per heavy atom. The van der Waals surface area contributed by atoms with Crippen LogP contribution in [0, 0.1) is 0 Å². The summed E-state index contributed by atoms with van der Waals surface area (Å²) in [7, 11) is 0. The quantitative estimate of drug-likeness (QED) is 0.420. The van der Waals surface area contributed by atoms with Crippen LogP contribution in [-0.2, 0) is 4.79 Å². The number of carbonyl (C=O) groups is 1. The normalized spacial score (nSPS) is 14.0. The topological polar surface area (TPSA) is 68.0 Å². The molecule has 1 aromatic heterocycles. The molecule has 1 aliphatic rings. The minimum Gasteiger partial charge on any atom is -0.481 e. The molecule has 0 amide bonds. The molecule has 0 bridgehead atoms. The van der Waals surface area contributed by atoms with Gasteiger partial charge in [0.05, 0.1) is 5.69 Å². The van der Waals surface area contributed by atoms with E-state index in [2.05, 4.69) is 62.5 Å². The third-order valence-electron chi connectivity index (χ3n) is 4.55. The molecule has 5 nitrogen and oxygen atoms in total. The second kappa shape index (κ2) is 7.40. The Labute approximate surface area is 163 Å². The van der Waals surface area contributed by atoms with Gasteiger partial charge in [0.2, 0.25) is 4.73 Å². The smallest absolute Gasteiger partial charge is 0.303 e. The van der Waals surface area contributed by atoms with E-state index in [1.807, 2.05) is 4.57 Å². The van der Waals surface area contributed by atoms with E-state index in [0.29, 0.717) is 22.8 Å². The van der Waals surface area contributed by atoms with Crippen LogP contribution < -0.4 is 0 Å². The van der Waals surface area contributed by atoms with Crippen molar-refractivity contribution in [2.45, 2.75) is 36.8 Å².